The van der Waals surface area contributed by atoms with E-state index in [0.29, 0.717) is 11.7 Å². The minimum absolute atomic E-state index is 0.151. The van der Waals surface area contributed by atoms with Crippen LogP contribution in [0.1, 0.15) is 60.1 Å². The topological polar surface area (TPSA) is 34.4 Å². The van der Waals surface area contributed by atoms with Crippen molar-refractivity contribution in [3.63, 3.8) is 0 Å². The van der Waals surface area contributed by atoms with Crippen molar-refractivity contribution in [3.8, 4) is 0 Å². The lowest BCUT2D eigenvalue weighted by Gasteiger charge is -2.25. The number of hydrogen-bond donors (Lipinski definition) is 0. The Bertz CT molecular complexity index is 1010. The summed E-state index contributed by atoms with van der Waals surface area (Å²) in [4.78, 5) is 18.2. The Balaban J connectivity index is 1.33. The van der Waals surface area contributed by atoms with Gasteiger partial charge in [-0.15, -0.1) is 0 Å². The van der Waals surface area contributed by atoms with Crippen molar-refractivity contribution in [1.82, 2.24) is 4.57 Å². The van der Waals surface area contributed by atoms with Gasteiger partial charge in [0, 0.05) is 46.9 Å². The van der Waals surface area contributed by atoms with Gasteiger partial charge in [-0.05, 0) is 62.8 Å². The molecule has 0 radical (unpaired) electrons. The third kappa shape index (κ3) is 2.47. The van der Waals surface area contributed by atoms with Crippen molar-refractivity contribution >= 4 is 22.4 Å². The third-order valence-electron chi connectivity index (χ3n) is 7.17. The Hall–Kier alpha value is -2.16. The van der Waals surface area contributed by atoms with E-state index in [2.05, 4.69) is 33.8 Å². The number of rotatable bonds is 4. The van der Waals surface area contributed by atoms with Gasteiger partial charge in [0.1, 0.15) is 0 Å². The number of aryl methyl sites for hydroxylation is 2. The average Bonchev–Trinajstić information content (AvgIpc) is 3.30. The highest BCUT2D eigenvalue weighted by Gasteiger charge is 2.36. The minimum atomic E-state index is 0.151. The summed E-state index contributed by atoms with van der Waals surface area (Å²) in [6.45, 7) is 1.07. The molecule has 1 aromatic carbocycles. The number of para-hydroxylation sites is 1. The van der Waals surface area contributed by atoms with E-state index in [1.807, 2.05) is 6.20 Å². The standard InChI is InChI=1S/C24H26N2O/c27-24-18(14-17-10-11-25-20(17)13-15-6-7-15)8-9-21-22(24)19-5-1-3-16-4-2-12-26(21)23(16)19/h1,3,5,10-11,15,17-18H,2,4,6-9,12-14H2/t17?,18-/m1/s1. The fourth-order valence-electron chi connectivity index (χ4n) is 5.61. The maximum atomic E-state index is 13.5. The van der Waals surface area contributed by atoms with Crippen LogP contribution >= 0.6 is 0 Å². The van der Waals surface area contributed by atoms with Crippen LogP contribution in [0, 0.1) is 17.8 Å². The van der Waals surface area contributed by atoms with Crippen LogP contribution in [0.3, 0.4) is 0 Å². The summed E-state index contributed by atoms with van der Waals surface area (Å²) in [5.74, 6) is 1.79. The number of benzene rings is 1. The summed E-state index contributed by atoms with van der Waals surface area (Å²) in [6.07, 6.45) is 13.4. The first-order valence-electron chi connectivity index (χ1n) is 10.7. The van der Waals surface area contributed by atoms with Gasteiger partial charge in [0.05, 0.1) is 5.52 Å². The van der Waals surface area contributed by atoms with E-state index in [-0.39, 0.29) is 5.92 Å². The predicted molar refractivity (Wildman–Crippen MR) is 108 cm³/mol. The molecular weight excluding hydrogens is 332 g/mol. The van der Waals surface area contributed by atoms with Crippen molar-refractivity contribution in [2.24, 2.45) is 22.7 Å². The van der Waals surface area contributed by atoms with Crippen molar-refractivity contribution in [2.45, 2.75) is 57.9 Å². The molecule has 27 heavy (non-hydrogen) atoms. The van der Waals surface area contributed by atoms with Gasteiger partial charge in [0.25, 0.3) is 0 Å². The molecule has 1 saturated carbocycles. The second kappa shape index (κ2) is 5.92. The van der Waals surface area contributed by atoms with Crippen LogP contribution in [0.2, 0.25) is 0 Å². The number of Topliss-reactive ketones (excluding diaryl/α,β-unsaturated/α-hetero) is 1. The zero-order valence-electron chi connectivity index (χ0n) is 15.8. The molecule has 0 spiro atoms. The molecule has 3 nitrogen and oxygen atoms in total. The lowest BCUT2D eigenvalue weighted by atomic mass is 9.78. The van der Waals surface area contributed by atoms with E-state index >= 15 is 0 Å². The van der Waals surface area contributed by atoms with Crippen LogP contribution in [0.5, 0.6) is 0 Å². The molecule has 138 valence electrons. The number of aliphatic imine (C=N–C) groups is 1. The highest BCUT2D eigenvalue weighted by atomic mass is 16.1. The van der Waals surface area contributed by atoms with E-state index in [1.54, 1.807) is 0 Å². The maximum absolute atomic E-state index is 13.5. The van der Waals surface area contributed by atoms with Crippen molar-refractivity contribution in [3.05, 3.63) is 47.3 Å². The molecule has 0 bridgehead atoms. The van der Waals surface area contributed by atoms with Crippen LogP contribution in [0.15, 0.2) is 35.5 Å². The summed E-state index contributed by atoms with van der Waals surface area (Å²) in [6, 6.07) is 6.56. The van der Waals surface area contributed by atoms with Crippen molar-refractivity contribution in [2.75, 3.05) is 0 Å². The van der Waals surface area contributed by atoms with Crippen LogP contribution in [0.25, 0.3) is 10.9 Å². The summed E-state index contributed by atoms with van der Waals surface area (Å²) in [5.41, 5.74) is 6.47. The largest absolute Gasteiger partial charge is 0.344 e. The molecule has 2 atom stereocenters. The number of aromatic nitrogens is 1. The number of carbonyl (C=O) groups is 1. The van der Waals surface area contributed by atoms with Crippen LogP contribution in [-0.2, 0) is 19.4 Å². The predicted octanol–water partition coefficient (Wildman–Crippen LogP) is 5.11. The number of nitrogens with zero attached hydrogens (tertiary/aromatic N) is 2. The number of allylic oxidation sites excluding steroid dienone is 1. The molecule has 2 aliphatic heterocycles. The molecular formula is C24H26N2O. The summed E-state index contributed by atoms with van der Waals surface area (Å²) >= 11 is 0. The Morgan fingerprint density at radius 2 is 2.07 bits per heavy atom. The Kier molecular flexibility index (Phi) is 3.48. The summed E-state index contributed by atoms with van der Waals surface area (Å²) < 4.78 is 2.47. The molecule has 3 heterocycles. The molecule has 2 aliphatic carbocycles. The normalized spacial score (nSPS) is 26.5. The number of hydrogen-bond acceptors (Lipinski definition) is 2. The second-order valence-corrected chi connectivity index (χ2v) is 8.94. The third-order valence-corrected chi connectivity index (χ3v) is 7.17. The van der Waals surface area contributed by atoms with Gasteiger partial charge in [0.15, 0.2) is 5.78 Å². The van der Waals surface area contributed by atoms with Gasteiger partial charge >= 0.3 is 0 Å². The molecule has 1 aromatic heterocycles. The first-order valence-corrected chi connectivity index (χ1v) is 10.7. The van der Waals surface area contributed by atoms with Gasteiger partial charge < -0.3 is 4.57 Å². The summed E-state index contributed by atoms with van der Waals surface area (Å²) in [5, 5.41) is 1.21. The number of ketones is 1. The van der Waals surface area contributed by atoms with E-state index in [0.717, 1.165) is 50.1 Å². The van der Waals surface area contributed by atoms with Crippen molar-refractivity contribution < 1.29 is 4.79 Å². The molecule has 0 amide bonds. The monoisotopic (exact) mass is 358 g/mol. The fourth-order valence-corrected chi connectivity index (χ4v) is 5.61. The molecule has 6 rings (SSSR count). The number of carbonyl (C=O) groups excluding carboxylic acids is 1. The number of fused-ring (bicyclic) bond motifs is 3. The lowest BCUT2D eigenvalue weighted by Crippen LogP contribution is -2.27. The molecule has 4 aliphatic rings. The average molecular weight is 358 g/mol. The minimum Gasteiger partial charge on any atom is -0.344 e. The van der Waals surface area contributed by atoms with Crippen LogP contribution in [-0.4, -0.2) is 16.1 Å². The van der Waals surface area contributed by atoms with E-state index in [9.17, 15) is 4.79 Å². The molecule has 2 aromatic rings. The zero-order valence-corrected chi connectivity index (χ0v) is 15.8. The molecule has 1 unspecified atom stereocenters. The SMILES string of the molecule is O=C1c2c(n3c4c(cccc24)CCC3)CC[C@@H]1CC1C=CN=C1CC1CC1. The van der Waals surface area contributed by atoms with Crippen molar-refractivity contribution in [1.29, 1.82) is 0 Å². The highest BCUT2D eigenvalue weighted by molar-refractivity contribution is 6.12. The molecule has 0 saturated heterocycles. The zero-order chi connectivity index (χ0) is 18.0. The van der Waals surface area contributed by atoms with Gasteiger partial charge in [-0.2, -0.15) is 0 Å². The van der Waals surface area contributed by atoms with E-state index < -0.39 is 0 Å². The quantitative estimate of drug-likeness (QED) is 0.748. The molecule has 3 heteroatoms. The Morgan fingerprint density at radius 3 is 2.96 bits per heavy atom. The van der Waals surface area contributed by atoms with E-state index in [1.165, 1.54) is 47.1 Å². The fraction of sp³-hybridized carbons (Fsp3) is 0.500. The van der Waals surface area contributed by atoms with Gasteiger partial charge in [-0.25, -0.2) is 0 Å². The second-order valence-electron chi connectivity index (χ2n) is 8.94. The van der Waals surface area contributed by atoms with Crippen LogP contribution in [0.4, 0.5) is 0 Å². The maximum Gasteiger partial charge on any atom is 0.168 e. The first-order chi connectivity index (χ1) is 13.3. The Morgan fingerprint density at radius 1 is 1.15 bits per heavy atom. The molecule has 1 fully saturated rings. The summed E-state index contributed by atoms with van der Waals surface area (Å²) in [7, 11) is 0. The van der Waals surface area contributed by atoms with Gasteiger partial charge in [0.2, 0.25) is 0 Å². The first kappa shape index (κ1) is 15.9. The molecule has 0 N–H and O–H groups in total. The highest BCUT2D eigenvalue weighted by Crippen LogP contribution is 2.41. The van der Waals surface area contributed by atoms with Gasteiger partial charge in [-0.3, -0.25) is 9.79 Å². The van der Waals surface area contributed by atoms with Crippen LogP contribution < -0.4 is 0 Å². The smallest absolute Gasteiger partial charge is 0.168 e. The lowest BCUT2D eigenvalue weighted by molar-refractivity contribution is 0.0891. The van der Waals surface area contributed by atoms with Gasteiger partial charge in [-0.1, -0.05) is 24.3 Å². The van der Waals surface area contributed by atoms with E-state index in [4.69, 9.17) is 0 Å². The Labute approximate surface area is 160 Å².